The molecule has 15 nitrogen and oxygen atoms in total. The number of fused-ring (bicyclic) bond motifs is 1. The van der Waals surface area contributed by atoms with Crippen molar-refractivity contribution in [2.75, 3.05) is 0 Å². The molecule has 0 unspecified atom stereocenters. The monoisotopic (exact) mass is 741 g/mol. The van der Waals surface area contributed by atoms with Gasteiger partial charge in [0.25, 0.3) is 0 Å². The summed E-state index contributed by atoms with van der Waals surface area (Å²) in [4.78, 5) is 50.8. The van der Waals surface area contributed by atoms with Crippen LogP contribution in [0.15, 0.2) is 78.9 Å². The molecule has 16 heteroatoms. The number of carbonyl (C=O) groups is 4. The third kappa shape index (κ3) is 9.14. The average Bonchev–Trinajstić information content (AvgIpc) is 3.48. The fraction of sp³-hybridized carbons (Fsp3) is 0.167. The van der Waals surface area contributed by atoms with E-state index in [9.17, 15) is 60.0 Å². The number of phenolic OH excluding ortho intramolecular Hbond substituents is 6. The number of carboxylic acid groups (broad SMARTS) is 2. The Morgan fingerprint density at radius 2 is 1.19 bits per heavy atom. The van der Waals surface area contributed by atoms with E-state index in [1.807, 2.05) is 0 Å². The predicted octanol–water partition coefficient (Wildman–Crippen LogP) is 0.633. The van der Waals surface area contributed by atoms with Gasteiger partial charge in [0.05, 0.1) is 0 Å². The number of hydrogen-bond acceptors (Lipinski definition) is 13. The molecule has 1 aliphatic heterocycles. The molecule has 264 valence electrons. The molecular formula is C36H30KO15+. The minimum Gasteiger partial charge on any atom is -0.504 e. The van der Waals surface area contributed by atoms with Crippen molar-refractivity contribution in [1.82, 2.24) is 0 Å². The number of esters is 2. The number of ether oxygens (including phenoxy) is 3. The molecule has 0 fully saturated rings. The van der Waals surface area contributed by atoms with Gasteiger partial charge < -0.3 is 55.1 Å². The van der Waals surface area contributed by atoms with Crippen LogP contribution in [0.3, 0.4) is 0 Å². The molecular weight excluding hydrogens is 711 g/mol. The molecule has 5 rings (SSSR count). The summed E-state index contributed by atoms with van der Waals surface area (Å²) in [6, 6.07) is 15.4. The van der Waals surface area contributed by atoms with Crippen LogP contribution in [0.4, 0.5) is 0 Å². The number of aromatic hydroxyl groups is 6. The number of rotatable bonds is 12. The van der Waals surface area contributed by atoms with E-state index in [2.05, 4.69) is 0 Å². The van der Waals surface area contributed by atoms with E-state index in [1.54, 1.807) is 0 Å². The van der Waals surface area contributed by atoms with Gasteiger partial charge in [-0.25, -0.2) is 14.4 Å². The smallest absolute Gasteiger partial charge is 0.504 e. The second-order valence-corrected chi connectivity index (χ2v) is 11.4. The van der Waals surface area contributed by atoms with E-state index in [0.717, 1.165) is 42.5 Å². The van der Waals surface area contributed by atoms with E-state index < -0.39 is 89.0 Å². The summed E-state index contributed by atoms with van der Waals surface area (Å²) in [5.74, 6) is -9.36. The van der Waals surface area contributed by atoms with Crippen LogP contribution in [0, 0.1) is 0 Å². The van der Waals surface area contributed by atoms with Crippen LogP contribution in [0.1, 0.15) is 39.8 Å². The molecule has 0 saturated carbocycles. The molecule has 4 aromatic carbocycles. The van der Waals surface area contributed by atoms with Crippen LogP contribution in [-0.4, -0.2) is 76.9 Å². The molecule has 0 spiro atoms. The van der Waals surface area contributed by atoms with Gasteiger partial charge in [0, 0.05) is 24.5 Å². The number of hydrogen-bond donors (Lipinski definition) is 8. The standard InChI is InChI=1S/C36H30O15.K/c37-21-8-4-17(12-24(21)40)14-28(34(44)45)49-30(43)11-7-19-2-1-3-27-31(19)32(33(50-27)20-6-10-23(39)26(42)16-20)36(48)51-29(35(46)47)15-18-5-9-22(38)25(41)13-18;/h1-13,16,28-29,32-33,37-42H,14-15H2,(H,44,45)(H,46,47);/q;+1/b11-7+;/t28-,29-,32+,33-;/m1./s1. The Bertz CT molecular complexity index is 2040. The third-order valence-electron chi connectivity index (χ3n) is 7.94. The third-order valence-corrected chi connectivity index (χ3v) is 7.94. The quantitative estimate of drug-likeness (QED) is 0.0429. The first-order chi connectivity index (χ1) is 24.2. The molecule has 0 bridgehead atoms. The zero-order valence-corrected chi connectivity index (χ0v) is 30.4. The Balaban J connectivity index is 0.00000605. The van der Waals surface area contributed by atoms with Gasteiger partial charge in [-0.05, 0) is 70.8 Å². The summed E-state index contributed by atoms with van der Waals surface area (Å²) in [6.07, 6.45) is -3.32. The van der Waals surface area contributed by atoms with Crippen LogP contribution >= 0.6 is 0 Å². The molecule has 0 aliphatic carbocycles. The molecule has 0 amide bonds. The molecule has 4 aromatic rings. The van der Waals surface area contributed by atoms with Crippen molar-refractivity contribution in [3.63, 3.8) is 0 Å². The van der Waals surface area contributed by atoms with Crippen LogP contribution < -0.4 is 56.1 Å². The topological polar surface area (TPSA) is 258 Å². The van der Waals surface area contributed by atoms with E-state index in [1.165, 1.54) is 42.5 Å². The van der Waals surface area contributed by atoms with Gasteiger partial charge in [-0.1, -0.05) is 30.3 Å². The number of aliphatic carboxylic acids is 2. The normalized spacial score (nSPS) is 15.8. The molecule has 0 radical (unpaired) electrons. The zero-order chi connectivity index (χ0) is 37.0. The van der Waals surface area contributed by atoms with Crippen molar-refractivity contribution in [3.8, 4) is 40.2 Å². The van der Waals surface area contributed by atoms with Gasteiger partial charge in [-0.3, -0.25) is 4.79 Å². The second kappa shape index (κ2) is 16.8. The Morgan fingerprint density at radius 3 is 1.71 bits per heavy atom. The van der Waals surface area contributed by atoms with Gasteiger partial charge in [-0.15, -0.1) is 0 Å². The molecule has 0 aromatic heterocycles. The van der Waals surface area contributed by atoms with Gasteiger partial charge in [0.1, 0.15) is 17.8 Å². The van der Waals surface area contributed by atoms with E-state index in [-0.39, 0.29) is 91.4 Å². The van der Waals surface area contributed by atoms with Crippen LogP contribution in [0.2, 0.25) is 0 Å². The molecule has 52 heavy (non-hydrogen) atoms. The molecule has 8 N–H and O–H groups in total. The van der Waals surface area contributed by atoms with Crippen molar-refractivity contribution in [3.05, 3.63) is 107 Å². The first-order valence-electron chi connectivity index (χ1n) is 15.1. The summed E-state index contributed by atoms with van der Waals surface area (Å²) < 4.78 is 16.7. The number of phenols is 6. The minimum atomic E-state index is -1.78. The van der Waals surface area contributed by atoms with Gasteiger partial charge >= 0.3 is 75.3 Å². The van der Waals surface area contributed by atoms with Crippen molar-refractivity contribution in [2.24, 2.45) is 0 Å². The number of carboxylic acids is 2. The first kappa shape index (κ1) is 39.5. The summed E-state index contributed by atoms with van der Waals surface area (Å²) in [6.45, 7) is 0. The van der Waals surface area contributed by atoms with Crippen molar-refractivity contribution in [2.45, 2.75) is 37.1 Å². The average molecular weight is 742 g/mol. The summed E-state index contributed by atoms with van der Waals surface area (Å²) in [5, 5.41) is 78.3. The predicted molar refractivity (Wildman–Crippen MR) is 173 cm³/mol. The van der Waals surface area contributed by atoms with E-state index in [4.69, 9.17) is 14.2 Å². The van der Waals surface area contributed by atoms with Crippen molar-refractivity contribution in [1.29, 1.82) is 0 Å². The summed E-state index contributed by atoms with van der Waals surface area (Å²) >= 11 is 0. The Hall–Kier alpha value is -5.26. The van der Waals surface area contributed by atoms with Crippen LogP contribution in [0.5, 0.6) is 40.2 Å². The van der Waals surface area contributed by atoms with E-state index >= 15 is 0 Å². The molecule has 0 saturated heterocycles. The maximum Gasteiger partial charge on any atom is 1.00 e. The minimum absolute atomic E-state index is 0. The fourth-order valence-electron chi connectivity index (χ4n) is 5.45. The summed E-state index contributed by atoms with van der Waals surface area (Å²) in [5.41, 5.74) is 1.00. The number of benzene rings is 4. The van der Waals surface area contributed by atoms with E-state index in [0.29, 0.717) is 0 Å². The Morgan fingerprint density at radius 1 is 0.673 bits per heavy atom. The molecule has 1 heterocycles. The SMILES string of the molecule is O=C(/C=C/c1cccc2c1[C@H](C(=O)O[C@H](Cc1ccc(O)c(O)c1)C(=O)O)[C@@H](c1ccc(O)c(O)c1)O2)O[C@H](Cc1ccc(O)c(O)c1)C(=O)O.[K+]. The van der Waals surface area contributed by atoms with Crippen molar-refractivity contribution >= 4 is 30.0 Å². The zero-order valence-electron chi connectivity index (χ0n) is 27.2. The fourth-order valence-corrected chi connectivity index (χ4v) is 5.45. The Kier molecular flexibility index (Phi) is 12.8. The van der Waals surface area contributed by atoms with Gasteiger partial charge in [0.15, 0.2) is 34.5 Å². The summed E-state index contributed by atoms with van der Waals surface area (Å²) in [7, 11) is 0. The largest absolute Gasteiger partial charge is 1.00 e. The van der Waals surface area contributed by atoms with Crippen LogP contribution in [0.25, 0.3) is 6.08 Å². The number of carbonyl (C=O) groups excluding carboxylic acids is 2. The van der Waals surface area contributed by atoms with Crippen molar-refractivity contribution < 1.29 is 126 Å². The maximum atomic E-state index is 13.9. The first-order valence-corrected chi connectivity index (χ1v) is 15.1. The molecule has 1 aliphatic rings. The van der Waals surface area contributed by atoms with Gasteiger partial charge in [-0.2, -0.15) is 0 Å². The van der Waals surface area contributed by atoms with Crippen LogP contribution in [-0.2, 0) is 41.5 Å². The Labute approximate surface area is 337 Å². The van der Waals surface area contributed by atoms with Gasteiger partial charge in [0.2, 0.25) is 12.2 Å². The second-order valence-electron chi connectivity index (χ2n) is 11.4. The maximum absolute atomic E-state index is 13.9. The molecule has 4 atom stereocenters.